The molecule has 1 unspecified atom stereocenters. The fourth-order valence-electron chi connectivity index (χ4n) is 4.77. The molecule has 0 aliphatic heterocycles. The molecule has 0 saturated carbocycles. The molecule has 0 aliphatic rings. The third-order valence-corrected chi connectivity index (χ3v) is 10.1. The van der Waals surface area contributed by atoms with E-state index in [1.165, 1.54) is 23.0 Å². The van der Waals surface area contributed by atoms with Crippen LogP contribution in [0.5, 0.6) is 0 Å². The Morgan fingerprint density at radius 1 is 1.15 bits per heavy atom. The van der Waals surface area contributed by atoms with Crippen molar-refractivity contribution < 1.29 is 22.9 Å². The number of hydrogen-bond donors (Lipinski definition) is 2. The highest BCUT2D eigenvalue weighted by Gasteiger charge is 2.25. The summed E-state index contributed by atoms with van der Waals surface area (Å²) in [5.74, 6) is -1.57. The predicted octanol–water partition coefficient (Wildman–Crippen LogP) is 5.55. The van der Waals surface area contributed by atoms with Crippen LogP contribution in [0.2, 0.25) is 25.7 Å². The number of carbonyl (C=O) groups excluding carboxylic acids is 2. The summed E-state index contributed by atoms with van der Waals surface area (Å²) in [6.07, 6.45) is 4.69. The number of ether oxygens (including phenoxy) is 1. The van der Waals surface area contributed by atoms with Crippen LogP contribution < -0.4 is 10.6 Å². The molecule has 3 aromatic heterocycles. The van der Waals surface area contributed by atoms with E-state index in [0.29, 0.717) is 42.9 Å². The molecule has 2 N–H and O–H groups in total. The van der Waals surface area contributed by atoms with Gasteiger partial charge in [0, 0.05) is 60.5 Å². The summed E-state index contributed by atoms with van der Waals surface area (Å²) < 4.78 is 36.2. The first-order valence-electron chi connectivity index (χ1n) is 15.2. The van der Waals surface area contributed by atoms with Gasteiger partial charge in [-0.3, -0.25) is 18.5 Å². The monoisotopic (exact) mass is 715 g/mol. The number of hydrogen-bond acceptors (Lipinski definition) is 7. The van der Waals surface area contributed by atoms with E-state index in [-0.39, 0.29) is 36.8 Å². The van der Waals surface area contributed by atoms with E-state index in [2.05, 4.69) is 45.5 Å². The summed E-state index contributed by atoms with van der Waals surface area (Å²) in [6.45, 7) is 11.8. The molecule has 3 heterocycles. The van der Waals surface area contributed by atoms with E-state index >= 15 is 4.39 Å². The molecular weight excluding hydrogens is 672 g/mol. The summed E-state index contributed by atoms with van der Waals surface area (Å²) in [4.78, 5) is 29.9. The third-order valence-electron chi connectivity index (χ3n) is 7.22. The topological polar surface area (TPSA) is 133 Å². The number of nitrogens with zero attached hydrogens (tertiary/aromatic N) is 5. The SMILES string of the molecule is CCc1c(-c2ccc(NC(=O)[C@H](CCCC(Cl)Cl)NC(=O)c3ccnn3CCS(C)=O)nc2F)c(C)nn1COCC[Si](C)(C)C. The zero-order valence-electron chi connectivity index (χ0n) is 27.2. The van der Waals surface area contributed by atoms with E-state index in [1.807, 2.05) is 13.8 Å². The first-order valence-corrected chi connectivity index (χ1v) is 21.5. The van der Waals surface area contributed by atoms with Crippen molar-refractivity contribution in [3.63, 3.8) is 0 Å². The largest absolute Gasteiger partial charge is 0.360 e. The van der Waals surface area contributed by atoms with Gasteiger partial charge in [0.2, 0.25) is 11.9 Å². The van der Waals surface area contributed by atoms with Crippen LogP contribution >= 0.6 is 23.2 Å². The predicted molar refractivity (Wildman–Crippen MR) is 184 cm³/mol. The summed E-state index contributed by atoms with van der Waals surface area (Å²) in [7, 11) is -2.31. The van der Waals surface area contributed by atoms with E-state index < -0.39 is 47.5 Å². The van der Waals surface area contributed by atoms with Gasteiger partial charge in [-0.25, -0.2) is 9.67 Å². The van der Waals surface area contributed by atoms with Crippen molar-refractivity contribution in [3.8, 4) is 11.1 Å². The Bertz CT molecular complexity index is 1510. The van der Waals surface area contributed by atoms with Crippen molar-refractivity contribution in [3.05, 3.63) is 47.4 Å². The van der Waals surface area contributed by atoms with Crippen LogP contribution in [-0.4, -0.2) is 78.1 Å². The number of pyridine rings is 1. The molecule has 254 valence electrons. The fourth-order valence-corrected chi connectivity index (χ4v) is 6.27. The quantitative estimate of drug-likeness (QED) is 0.0764. The van der Waals surface area contributed by atoms with Gasteiger partial charge in [-0.1, -0.05) is 26.6 Å². The number of amides is 2. The molecule has 0 bridgehead atoms. The van der Waals surface area contributed by atoms with Crippen LogP contribution in [0.3, 0.4) is 0 Å². The Balaban J connectivity index is 1.76. The molecule has 3 aromatic rings. The van der Waals surface area contributed by atoms with E-state index in [9.17, 15) is 13.8 Å². The fraction of sp³-hybridized carbons (Fsp3) is 0.567. The van der Waals surface area contributed by atoms with Crippen molar-refractivity contribution in [1.82, 2.24) is 29.9 Å². The molecule has 16 heteroatoms. The summed E-state index contributed by atoms with van der Waals surface area (Å²) in [5, 5.41) is 14.1. The third kappa shape index (κ3) is 11.3. The van der Waals surface area contributed by atoms with Gasteiger partial charge in [0.05, 0.1) is 12.2 Å². The van der Waals surface area contributed by atoms with Crippen LogP contribution in [0.25, 0.3) is 11.1 Å². The molecule has 2 atom stereocenters. The molecule has 0 saturated heterocycles. The summed E-state index contributed by atoms with van der Waals surface area (Å²) >= 11 is 11.8. The van der Waals surface area contributed by atoms with Gasteiger partial charge in [0.1, 0.15) is 29.1 Å². The zero-order chi connectivity index (χ0) is 34.0. The van der Waals surface area contributed by atoms with Crippen LogP contribution in [0.15, 0.2) is 24.4 Å². The molecule has 0 radical (unpaired) electrons. The number of halogens is 3. The Labute approximate surface area is 283 Å². The minimum absolute atomic E-state index is 0.00805. The second kappa shape index (κ2) is 17.5. The van der Waals surface area contributed by atoms with Gasteiger partial charge in [-0.15, -0.1) is 23.2 Å². The molecule has 0 spiro atoms. The maximum Gasteiger partial charge on any atom is 0.270 e. The number of aromatic nitrogens is 5. The highest BCUT2D eigenvalue weighted by molar-refractivity contribution is 7.84. The number of nitrogens with one attached hydrogen (secondary N) is 2. The first-order chi connectivity index (χ1) is 21.7. The Morgan fingerprint density at radius 2 is 1.89 bits per heavy atom. The lowest BCUT2D eigenvalue weighted by Crippen LogP contribution is -2.44. The lowest BCUT2D eigenvalue weighted by atomic mass is 10.0. The standard InChI is InChI=1S/C30H44Cl2FN7O4SSi/c1-7-23-27(20(2)38-40(23)19-44-16-18-46(4,5)6)21-11-12-26(36-28(21)33)37-29(41)22(9-8-10-25(31)32)35-30(42)24-13-14-34-39(24)15-17-45(3)43/h11-14,22,25H,7-10,15-19H2,1-6H3,(H,35,42)(H,36,37,41)/t22-,45?/m0/s1. The molecule has 0 aliphatic carbocycles. The second-order valence-electron chi connectivity index (χ2n) is 12.2. The van der Waals surface area contributed by atoms with Crippen molar-refractivity contribution in [2.45, 2.75) is 89.4 Å². The van der Waals surface area contributed by atoms with Crippen LogP contribution in [0, 0.1) is 12.9 Å². The number of rotatable bonds is 18. The van der Waals surface area contributed by atoms with E-state index in [0.717, 1.165) is 11.7 Å². The van der Waals surface area contributed by atoms with Crippen LogP contribution in [0.1, 0.15) is 48.1 Å². The zero-order valence-corrected chi connectivity index (χ0v) is 30.6. The lowest BCUT2D eigenvalue weighted by molar-refractivity contribution is -0.118. The average molecular weight is 717 g/mol. The molecular formula is C30H44Cl2FN7O4SSi. The molecule has 0 fully saturated rings. The number of anilines is 1. The smallest absolute Gasteiger partial charge is 0.270 e. The van der Waals surface area contributed by atoms with Gasteiger partial charge < -0.3 is 15.4 Å². The van der Waals surface area contributed by atoms with Crippen molar-refractivity contribution in [2.24, 2.45) is 0 Å². The highest BCUT2D eigenvalue weighted by Crippen LogP contribution is 2.30. The molecule has 11 nitrogen and oxygen atoms in total. The van der Waals surface area contributed by atoms with Gasteiger partial charge >= 0.3 is 0 Å². The number of alkyl halides is 2. The molecule has 3 rings (SSSR count). The molecule has 0 aromatic carbocycles. The summed E-state index contributed by atoms with van der Waals surface area (Å²) in [5.41, 5.74) is 2.60. The Kier molecular flexibility index (Phi) is 14.4. The normalized spacial score (nSPS) is 13.2. The van der Waals surface area contributed by atoms with Gasteiger partial charge in [0.25, 0.3) is 5.91 Å². The number of carbonyl (C=O) groups is 2. The molecule has 2 amide bonds. The van der Waals surface area contributed by atoms with Crippen molar-refractivity contribution in [1.29, 1.82) is 0 Å². The number of aryl methyl sites for hydroxylation is 2. The van der Waals surface area contributed by atoms with Crippen LogP contribution in [0.4, 0.5) is 10.2 Å². The first kappa shape index (κ1) is 37.8. The minimum Gasteiger partial charge on any atom is -0.360 e. The van der Waals surface area contributed by atoms with Gasteiger partial charge in [-0.05, 0) is 56.9 Å². The van der Waals surface area contributed by atoms with Crippen LogP contribution in [-0.2, 0) is 40.0 Å². The summed E-state index contributed by atoms with van der Waals surface area (Å²) in [6, 6.07) is 4.63. The Morgan fingerprint density at radius 3 is 2.52 bits per heavy atom. The van der Waals surface area contributed by atoms with Gasteiger partial charge in [-0.2, -0.15) is 14.6 Å². The average Bonchev–Trinajstić information content (AvgIpc) is 3.56. The highest BCUT2D eigenvalue weighted by atomic mass is 35.5. The van der Waals surface area contributed by atoms with Gasteiger partial charge in [0.15, 0.2) is 0 Å². The Hall–Kier alpha value is -2.65. The minimum atomic E-state index is -1.24. The van der Waals surface area contributed by atoms with E-state index in [1.54, 1.807) is 17.0 Å². The molecule has 46 heavy (non-hydrogen) atoms. The van der Waals surface area contributed by atoms with Crippen molar-refractivity contribution >= 4 is 59.7 Å². The maximum absolute atomic E-state index is 15.5. The van der Waals surface area contributed by atoms with E-state index in [4.69, 9.17) is 27.9 Å². The maximum atomic E-state index is 15.5. The van der Waals surface area contributed by atoms with Crippen molar-refractivity contribution in [2.75, 3.05) is 23.9 Å². The lowest BCUT2D eigenvalue weighted by Gasteiger charge is -2.19. The second-order valence-corrected chi connectivity index (χ2v) is 20.7.